The van der Waals surface area contributed by atoms with Crippen molar-refractivity contribution >= 4 is 16.9 Å². The number of hydrogen-bond donors (Lipinski definition) is 2. The van der Waals surface area contributed by atoms with Gasteiger partial charge in [-0.2, -0.15) is 0 Å². The Balaban J connectivity index is 1.62. The molecule has 8 heteroatoms. The van der Waals surface area contributed by atoms with Gasteiger partial charge in [0.15, 0.2) is 5.82 Å². The molecule has 2 fully saturated rings. The molecule has 0 spiro atoms. The predicted molar refractivity (Wildman–Crippen MR) is 117 cm³/mol. The third-order valence-corrected chi connectivity index (χ3v) is 6.37. The van der Waals surface area contributed by atoms with Crippen LogP contribution < -0.4 is 5.73 Å². The van der Waals surface area contributed by atoms with Crippen LogP contribution in [0.3, 0.4) is 0 Å². The Bertz CT molecular complexity index is 1200. The summed E-state index contributed by atoms with van der Waals surface area (Å²) in [5.74, 6) is 5.52. The van der Waals surface area contributed by atoms with Gasteiger partial charge in [0.05, 0.1) is 24.0 Å². The summed E-state index contributed by atoms with van der Waals surface area (Å²) < 4.78 is 16.8. The fraction of sp³-hybridized carbons (Fsp3) is 0.435. The van der Waals surface area contributed by atoms with Gasteiger partial charge in [0, 0.05) is 30.2 Å². The number of likely N-dealkylation sites (tertiary alicyclic amines) is 1. The molecule has 1 saturated carbocycles. The SMILES string of the molecule is CCN1CC(n2cc(-c3nc(N)ncc3F)c3cc(C#CC4(O)CCCC4)ncc32)C1. The summed E-state index contributed by atoms with van der Waals surface area (Å²) >= 11 is 0. The van der Waals surface area contributed by atoms with Gasteiger partial charge in [-0.05, 0) is 44.2 Å². The molecule has 0 unspecified atom stereocenters. The lowest BCUT2D eigenvalue weighted by Crippen LogP contribution is -2.47. The molecule has 1 saturated heterocycles. The number of anilines is 1. The largest absolute Gasteiger partial charge is 0.378 e. The Morgan fingerprint density at radius 1 is 1.26 bits per heavy atom. The van der Waals surface area contributed by atoms with E-state index in [4.69, 9.17) is 5.73 Å². The summed E-state index contributed by atoms with van der Waals surface area (Å²) in [4.78, 5) is 14.8. The first-order valence-corrected chi connectivity index (χ1v) is 10.7. The highest BCUT2D eigenvalue weighted by Gasteiger charge is 2.30. The molecule has 160 valence electrons. The van der Waals surface area contributed by atoms with E-state index >= 15 is 0 Å². The van der Waals surface area contributed by atoms with Gasteiger partial charge in [0.2, 0.25) is 5.95 Å². The second kappa shape index (κ2) is 7.59. The van der Waals surface area contributed by atoms with Crippen LogP contribution in [0, 0.1) is 17.7 Å². The van der Waals surface area contributed by atoms with Crippen molar-refractivity contribution in [3.8, 4) is 23.1 Å². The van der Waals surface area contributed by atoms with Crippen molar-refractivity contribution in [3.63, 3.8) is 0 Å². The van der Waals surface area contributed by atoms with E-state index in [2.05, 4.69) is 43.2 Å². The molecule has 31 heavy (non-hydrogen) atoms. The lowest BCUT2D eigenvalue weighted by Gasteiger charge is -2.39. The van der Waals surface area contributed by atoms with Crippen molar-refractivity contribution in [1.29, 1.82) is 0 Å². The van der Waals surface area contributed by atoms with E-state index in [1.165, 1.54) is 0 Å². The van der Waals surface area contributed by atoms with E-state index in [-0.39, 0.29) is 17.7 Å². The quantitative estimate of drug-likeness (QED) is 0.633. The number of aliphatic hydroxyl groups is 1. The topological polar surface area (TPSA) is 93.1 Å². The zero-order chi connectivity index (χ0) is 21.6. The summed E-state index contributed by atoms with van der Waals surface area (Å²) in [7, 11) is 0. The van der Waals surface area contributed by atoms with Crippen LogP contribution in [0.2, 0.25) is 0 Å². The van der Waals surface area contributed by atoms with Crippen LogP contribution >= 0.6 is 0 Å². The van der Waals surface area contributed by atoms with Gasteiger partial charge in [-0.15, -0.1) is 0 Å². The molecule has 1 aliphatic heterocycles. The zero-order valence-corrected chi connectivity index (χ0v) is 17.5. The number of fused-ring (bicyclic) bond motifs is 1. The number of rotatable bonds is 3. The van der Waals surface area contributed by atoms with Crippen molar-refractivity contribution in [2.45, 2.75) is 44.2 Å². The van der Waals surface area contributed by atoms with Crippen LogP contribution in [-0.2, 0) is 0 Å². The van der Waals surface area contributed by atoms with Crippen molar-refractivity contribution < 1.29 is 9.50 Å². The van der Waals surface area contributed by atoms with E-state index in [1.807, 2.05) is 12.3 Å². The highest BCUT2D eigenvalue weighted by atomic mass is 19.1. The van der Waals surface area contributed by atoms with Crippen LogP contribution in [0.1, 0.15) is 44.3 Å². The van der Waals surface area contributed by atoms with Gasteiger partial charge in [-0.1, -0.05) is 12.8 Å². The highest BCUT2D eigenvalue weighted by molar-refractivity contribution is 5.95. The Kier molecular flexibility index (Phi) is 4.88. The third-order valence-electron chi connectivity index (χ3n) is 6.37. The summed E-state index contributed by atoms with van der Waals surface area (Å²) in [5, 5.41) is 11.3. The molecule has 7 nitrogen and oxygen atoms in total. The Morgan fingerprint density at radius 3 is 2.77 bits per heavy atom. The average Bonchev–Trinajstić information content (AvgIpc) is 3.32. The van der Waals surface area contributed by atoms with Crippen molar-refractivity contribution in [2.24, 2.45) is 0 Å². The first kappa shape index (κ1) is 19.9. The number of nitrogens with zero attached hydrogens (tertiary/aromatic N) is 5. The number of nitrogens with two attached hydrogens (primary N) is 1. The molecular weight excluding hydrogens is 395 g/mol. The van der Waals surface area contributed by atoms with E-state index in [0.29, 0.717) is 24.1 Å². The molecule has 0 amide bonds. The van der Waals surface area contributed by atoms with Crippen LogP contribution in [0.25, 0.3) is 22.2 Å². The Labute approximate surface area is 180 Å². The van der Waals surface area contributed by atoms with Crippen LogP contribution in [0.15, 0.2) is 24.7 Å². The number of aromatic nitrogens is 4. The second-order valence-electron chi connectivity index (χ2n) is 8.46. The fourth-order valence-electron chi connectivity index (χ4n) is 4.52. The maximum absolute atomic E-state index is 14.6. The molecule has 2 aliphatic rings. The van der Waals surface area contributed by atoms with E-state index in [9.17, 15) is 9.50 Å². The van der Waals surface area contributed by atoms with E-state index in [0.717, 1.165) is 49.6 Å². The molecule has 4 heterocycles. The lowest BCUT2D eigenvalue weighted by molar-refractivity contribution is 0.110. The monoisotopic (exact) mass is 420 g/mol. The van der Waals surface area contributed by atoms with Gasteiger partial charge in [0.25, 0.3) is 0 Å². The number of likely N-dealkylation sites (N-methyl/N-ethyl adjacent to an activating group) is 1. The van der Waals surface area contributed by atoms with Crippen molar-refractivity contribution in [1.82, 2.24) is 24.4 Å². The molecule has 3 aromatic rings. The summed E-state index contributed by atoms with van der Waals surface area (Å²) in [6, 6.07) is 2.14. The molecule has 3 aromatic heterocycles. The first-order valence-electron chi connectivity index (χ1n) is 10.7. The summed E-state index contributed by atoms with van der Waals surface area (Å²) in [5.41, 5.74) is 7.06. The van der Waals surface area contributed by atoms with E-state index < -0.39 is 11.4 Å². The predicted octanol–water partition coefficient (Wildman–Crippen LogP) is 2.75. The molecule has 1 aliphatic carbocycles. The lowest BCUT2D eigenvalue weighted by atomic mass is 10.0. The smallest absolute Gasteiger partial charge is 0.220 e. The number of nitrogen functional groups attached to an aromatic ring is 1. The van der Waals surface area contributed by atoms with Crippen LogP contribution in [0.5, 0.6) is 0 Å². The van der Waals surface area contributed by atoms with Crippen molar-refractivity contribution in [3.05, 3.63) is 36.2 Å². The summed E-state index contributed by atoms with van der Waals surface area (Å²) in [6.45, 7) is 5.01. The number of hydrogen-bond acceptors (Lipinski definition) is 6. The van der Waals surface area contributed by atoms with Gasteiger partial charge in [-0.3, -0.25) is 4.90 Å². The normalized spacial score (nSPS) is 18.7. The van der Waals surface area contributed by atoms with Gasteiger partial charge in [0.1, 0.15) is 17.0 Å². The third kappa shape index (κ3) is 3.64. The average molecular weight is 420 g/mol. The van der Waals surface area contributed by atoms with Gasteiger partial charge < -0.3 is 15.4 Å². The molecule has 5 rings (SSSR count). The minimum atomic E-state index is -0.936. The standard InChI is InChI=1S/C23H25FN6O/c1-2-29-12-16(13-29)30-14-18(21-19(24)10-27-22(25)28-21)17-9-15(26-11-20(17)30)5-8-23(31)6-3-4-7-23/h9-11,14,16,31H,2-4,6-7,12-13H2,1H3,(H2,25,27,28). The highest BCUT2D eigenvalue weighted by Crippen LogP contribution is 2.35. The molecular formula is C23H25FN6O. The number of pyridine rings is 1. The minimum Gasteiger partial charge on any atom is -0.378 e. The van der Waals surface area contributed by atoms with Crippen molar-refractivity contribution in [2.75, 3.05) is 25.4 Å². The Hall–Kier alpha value is -3.02. The van der Waals surface area contributed by atoms with Crippen LogP contribution in [-0.4, -0.2) is 54.8 Å². The molecule has 0 atom stereocenters. The zero-order valence-electron chi connectivity index (χ0n) is 17.5. The second-order valence-corrected chi connectivity index (χ2v) is 8.46. The van der Waals surface area contributed by atoms with E-state index in [1.54, 1.807) is 6.20 Å². The maximum atomic E-state index is 14.6. The minimum absolute atomic E-state index is 0.0237. The van der Waals surface area contributed by atoms with Crippen LogP contribution in [0.4, 0.5) is 10.3 Å². The van der Waals surface area contributed by atoms with Gasteiger partial charge >= 0.3 is 0 Å². The Morgan fingerprint density at radius 2 is 2.03 bits per heavy atom. The number of halogens is 1. The molecule has 3 N–H and O–H groups in total. The molecule has 0 aromatic carbocycles. The first-order chi connectivity index (χ1) is 15.0. The summed E-state index contributed by atoms with van der Waals surface area (Å²) in [6.07, 6.45) is 8.13. The van der Waals surface area contributed by atoms with Gasteiger partial charge in [-0.25, -0.2) is 19.3 Å². The molecule has 0 radical (unpaired) electrons. The molecule has 0 bridgehead atoms. The fourth-order valence-corrected chi connectivity index (χ4v) is 4.52. The maximum Gasteiger partial charge on any atom is 0.220 e.